The van der Waals surface area contributed by atoms with Crippen LogP contribution >= 0.6 is 7.82 Å². The van der Waals surface area contributed by atoms with Gasteiger partial charge >= 0.3 is 7.82 Å². The van der Waals surface area contributed by atoms with E-state index in [-0.39, 0.29) is 0 Å². The second-order valence-corrected chi connectivity index (χ2v) is 10.0. The van der Waals surface area contributed by atoms with Gasteiger partial charge in [-0.25, -0.2) is 4.57 Å². The Morgan fingerprint density at radius 1 is 0.600 bits per heavy atom. The summed E-state index contributed by atoms with van der Waals surface area (Å²) in [5.74, 6) is 0. The van der Waals surface area contributed by atoms with Crippen molar-refractivity contribution in [1.29, 1.82) is 0 Å². The molecule has 0 bridgehead atoms. The lowest BCUT2D eigenvalue weighted by atomic mass is 10.1. The van der Waals surface area contributed by atoms with Gasteiger partial charge in [-0.05, 0) is 25.7 Å². The number of unbranched alkanes of at least 4 members (excludes halogenated alkanes) is 14. The van der Waals surface area contributed by atoms with E-state index < -0.39 is 14.1 Å². The molecule has 0 heterocycles. The van der Waals surface area contributed by atoms with Crippen LogP contribution in [0, 0.1) is 0 Å². The Labute approximate surface area is 187 Å². The third-order valence-corrected chi connectivity index (χ3v) is 6.80. The van der Waals surface area contributed by atoms with Crippen LogP contribution in [0.1, 0.15) is 136 Å². The Kier molecular flexibility index (Phi) is 22.3. The van der Waals surface area contributed by atoms with Gasteiger partial charge in [-0.2, -0.15) is 0 Å². The van der Waals surface area contributed by atoms with E-state index in [4.69, 9.17) is 13.6 Å². The van der Waals surface area contributed by atoms with Gasteiger partial charge in [0, 0.05) is 0 Å². The molecule has 0 aliphatic rings. The molecule has 182 valence electrons. The Morgan fingerprint density at radius 2 is 0.967 bits per heavy atom. The average molecular weight is 451 g/mol. The van der Waals surface area contributed by atoms with Crippen molar-refractivity contribution in [2.45, 2.75) is 143 Å². The highest BCUT2D eigenvalue weighted by Gasteiger charge is 2.29. The van der Waals surface area contributed by atoms with Crippen LogP contribution in [0.2, 0.25) is 0 Å². The molecule has 5 nitrogen and oxygen atoms in total. The minimum absolute atomic E-state index is 0.350. The van der Waals surface area contributed by atoms with Crippen molar-refractivity contribution >= 4 is 7.82 Å². The van der Waals surface area contributed by atoms with Crippen molar-refractivity contribution in [3.8, 4) is 0 Å². The normalized spacial score (nSPS) is 13.1. The van der Waals surface area contributed by atoms with E-state index in [1.807, 2.05) is 0 Å². The number of aliphatic hydroxyl groups is 1. The van der Waals surface area contributed by atoms with Gasteiger partial charge in [-0.3, -0.25) is 13.6 Å². The monoisotopic (exact) mass is 450 g/mol. The summed E-state index contributed by atoms with van der Waals surface area (Å²) in [5.41, 5.74) is 0. The minimum atomic E-state index is -3.71. The summed E-state index contributed by atoms with van der Waals surface area (Å²) in [7, 11) is -3.71. The standard InChI is InChI=1S/C24H51O5P/c1-4-7-10-13-16-19-22-27-30(26,28-23-20-17-14-11-8-5-2)29-24(25)21-18-15-12-9-6-3/h24-25H,4-23H2,1-3H3. The van der Waals surface area contributed by atoms with Crippen LogP contribution in [0.25, 0.3) is 0 Å². The van der Waals surface area contributed by atoms with Crippen LogP contribution in [0.3, 0.4) is 0 Å². The lowest BCUT2D eigenvalue weighted by molar-refractivity contribution is -0.0544. The second-order valence-electron chi connectivity index (χ2n) is 8.41. The van der Waals surface area contributed by atoms with Gasteiger partial charge in [0.05, 0.1) is 13.2 Å². The maximum atomic E-state index is 13.0. The van der Waals surface area contributed by atoms with Crippen molar-refractivity contribution in [3.05, 3.63) is 0 Å². The molecule has 0 saturated heterocycles. The lowest BCUT2D eigenvalue weighted by Crippen LogP contribution is -2.13. The number of aliphatic hydroxyl groups excluding tert-OH is 1. The first kappa shape index (κ1) is 30.1. The van der Waals surface area contributed by atoms with Crippen LogP contribution in [0.4, 0.5) is 0 Å². The third kappa shape index (κ3) is 20.0. The van der Waals surface area contributed by atoms with Gasteiger partial charge < -0.3 is 5.11 Å². The zero-order valence-electron chi connectivity index (χ0n) is 20.2. The number of rotatable bonds is 24. The first-order chi connectivity index (χ1) is 14.6. The Hall–Kier alpha value is 0.0700. The Bertz CT molecular complexity index is 370. The highest BCUT2D eigenvalue weighted by molar-refractivity contribution is 7.48. The highest BCUT2D eigenvalue weighted by atomic mass is 31.2. The summed E-state index contributed by atoms with van der Waals surface area (Å²) in [6, 6.07) is 0. The zero-order valence-corrected chi connectivity index (χ0v) is 21.1. The molecule has 0 fully saturated rings. The summed E-state index contributed by atoms with van der Waals surface area (Å²) in [4.78, 5) is 0. The number of hydrogen-bond acceptors (Lipinski definition) is 5. The van der Waals surface area contributed by atoms with Gasteiger partial charge in [0.2, 0.25) is 0 Å². The third-order valence-electron chi connectivity index (χ3n) is 5.30. The molecule has 0 aromatic rings. The van der Waals surface area contributed by atoms with E-state index in [1.54, 1.807) is 0 Å². The molecule has 6 heteroatoms. The molecule has 1 unspecified atom stereocenters. The smallest absolute Gasteiger partial charge is 0.367 e. The molecule has 0 radical (unpaired) electrons. The predicted molar refractivity (Wildman–Crippen MR) is 127 cm³/mol. The van der Waals surface area contributed by atoms with E-state index in [0.717, 1.165) is 44.9 Å². The number of phosphoric ester groups is 1. The fourth-order valence-corrected chi connectivity index (χ4v) is 4.64. The summed E-state index contributed by atoms with van der Waals surface area (Å²) in [6.45, 7) is 7.28. The molecule has 0 aromatic heterocycles. The van der Waals surface area contributed by atoms with Gasteiger partial charge in [-0.1, -0.05) is 111 Å². The Morgan fingerprint density at radius 3 is 1.40 bits per heavy atom. The molecule has 0 spiro atoms. The maximum absolute atomic E-state index is 13.0. The summed E-state index contributed by atoms with van der Waals surface area (Å²) >= 11 is 0. The van der Waals surface area contributed by atoms with Gasteiger partial charge in [0.1, 0.15) is 0 Å². The van der Waals surface area contributed by atoms with Gasteiger partial charge in [-0.15, -0.1) is 0 Å². The van der Waals surface area contributed by atoms with Crippen LogP contribution in [-0.4, -0.2) is 24.6 Å². The summed E-state index contributed by atoms with van der Waals surface area (Å²) in [5, 5.41) is 10.2. The largest absolute Gasteiger partial charge is 0.477 e. The van der Waals surface area contributed by atoms with E-state index in [0.29, 0.717) is 19.6 Å². The molecule has 0 aromatic carbocycles. The number of hydrogen-bond donors (Lipinski definition) is 1. The first-order valence-electron chi connectivity index (χ1n) is 12.8. The molecule has 1 atom stereocenters. The van der Waals surface area contributed by atoms with Crippen molar-refractivity contribution in [2.24, 2.45) is 0 Å². The summed E-state index contributed by atoms with van der Waals surface area (Å²) < 4.78 is 29.5. The number of phosphoric acid groups is 1. The zero-order chi connectivity index (χ0) is 22.3. The molecule has 0 aliphatic heterocycles. The fourth-order valence-electron chi connectivity index (χ4n) is 3.34. The SMILES string of the molecule is CCCCCCCCOP(=O)(OCCCCCCCC)OC(O)CCCCCCC. The van der Waals surface area contributed by atoms with Crippen LogP contribution < -0.4 is 0 Å². The van der Waals surface area contributed by atoms with Crippen LogP contribution in [0.15, 0.2) is 0 Å². The summed E-state index contributed by atoms with van der Waals surface area (Å²) in [6.07, 6.45) is 18.4. The second kappa shape index (κ2) is 22.3. The van der Waals surface area contributed by atoms with Crippen LogP contribution in [-0.2, 0) is 18.1 Å². The van der Waals surface area contributed by atoms with Crippen LogP contribution in [0.5, 0.6) is 0 Å². The first-order valence-corrected chi connectivity index (χ1v) is 14.3. The minimum Gasteiger partial charge on any atom is -0.367 e. The van der Waals surface area contributed by atoms with Crippen molar-refractivity contribution < 1.29 is 23.2 Å². The van der Waals surface area contributed by atoms with Gasteiger partial charge in [0.15, 0.2) is 6.29 Å². The van der Waals surface area contributed by atoms with E-state index in [9.17, 15) is 9.67 Å². The van der Waals surface area contributed by atoms with Gasteiger partial charge in [0.25, 0.3) is 0 Å². The molecular formula is C24H51O5P. The molecule has 0 aliphatic carbocycles. The average Bonchev–Trinajstić information content (AvgIpc) is 2.72. The molecule has 30 heavy (non-hydrogen) atoms. The Balaban J connectivity index is 4.25. The van der Waals surface area contributed by atoms with Crippen molar-refractivity contribution in [1.82, 2.24) is 0 Å². The molecule has 0 amide bonds. The molecular weight excluding hydrogens is 399 g/mol. The van der Waals surface area contributed by atoms with E-state index >= 15 is 0 Å². The molecule has 0 rings (SSSR count). The predicted octanol–water partition coefficient (Wildman–Crippen LogP) is 8.54. The lowest BCUT2D eigenvalue weighted by Gasteiger charge is -2.21. The van der Waals surface area contributed by atoms with Crippen molar-refractivity contribution in [2.75, 3.05) is 13.2 Å². The van der Waals surface area contributed by atoms with E-state index in [1.165, 1.54) is 64.2 Å². The fraction of sp³-hybridized carbons (Fsp3) is 1.00. The van der Waals surface area contributed by atoms with E-state index in [2.05, 4.69) is 20.8 Å². The molecule has 0 saturated carbocycles. The maximum Gasteiger partial charge on any atom is 0.477 e. The molecule has 1 N–H and O–H groups in total. The van der Waals surface area contributed by atoms with Crippen molar-refractivity contribution in [3.63, 3.8) is 0 Å². The highest BCUT2D eigenvalue weighted by Crippen LogP contribution is 2.51. The quantitative estimate of drug-likeness (QED) is 0.0906. The topological polar surface area (TPSA) is 65.0 Å².